The van der Waals surface area contributed by atoms with E-state index < -0.39 is 11.4 Å². The van der Waals surface area contributed by atoms with Crippen LogP contribution < -0.4 is 5.11 Å². The number of nitrogens with zero attached hydrogens (tertiary/aromatic N) is 1. The molecule has 3 nitrogen and oxygen atoms in total. The fourth-order valence-electron chi connectivity index (χ4n) is 2.09. The molecule has 1 aliphatic carbocycles. The van der Waals surface area contributed by atoms with Crippen molar-refractivity contribution in [3.63, 3.8) is 0 Å². The van der Waals surface area contributed by atoms with Crippen molar-refractivity contribution in [2.45, 2.75) is 32.8 Å². The first-order valence-electron chi connectivity index (χ1n) is 4.58. The summed E-state index contributed by atoms with van der Waals surface area (Å²) in [5.41, 5.74) is -1.96. The van der Waals surface area contributed by atoms with Crippen molar-refractivity contribution in [2.75, 3.05) is 0 Å². The second-order valence-corrected chi connectivity index (χ2v) is 4.20. The van der Waals surface area contributed by atoms with Crippen LogP contribution >= 0.6 is 0 Å². The lowest BCUT2D eigenvalue weighted by molar-refractivity contribution is -0.435. The summed E-state index contributed by atoms with van der Waals surface area (Å²) in [5.74, 6) is -0.307. The normalized spacial score (nSPS) is 39.5. The minimum absolute atomic E-state index is 0.0737. The van der Waals surface area contributed by atoms with Gasteiger partial charge < -0.3 is 5.11 Å². The van der Waals surface area contributed by atoms with Crippen LogP contribution in [-0.4, -0.2) is 11.4 Å². The molecule has 3 atom stereocenters. The molecule has 1 rings (SSSR count). The van der Waals surface area contributed by atoms with Gasteiger partial charge in [0.05, 0.1) is 6.07 Å². The highest BCUT2D eigenvalue weighted by Crippen LogP contribution is 2.38. The number of carbonyl (C=O) groups excluding carboxylic acids is 1. The predicted molar refractivity (Wildman–Crippen MR) is 45.5 cm³/mol. The standard InChI is InChI=1S/C10H14NO2/c1-6(2)8-4-10(13,5-11)9(12)7(8)3/h6-8H,4H2,1-3H3/q-1/t7?,8-,10?/m1/s1. The van der Waals surface area contributed by atoms with Crippen LogP contribution in [-0.2, 0) is 4.79 Å². The number of hydrogen-bond acceptors (Lipinski definition) is 3. The average Bonchev–Trinajstić information content (AvgIpc) is 2.31. The van der Waals surface area contributed by atoms with E-state index in [1.165, 1.54) is 0 Å². The topological polar surface area (TPSA) is 63.9 Å². The fourth-order valence-corrected chi connectivity index (χ4v) is 2.09. The molecule has 0 heterocycles. The molecule has 0 bridgehead atoms. The zero-order chi connectivity index (χ0) is 10.2. The molecule has 0 spiro atoms. The third-order valence-corrected chi connectivity index (χ3v) is 3.01. The maximum absolute atomic E-state index is 11.6. The van der Waals surface area contributed by atoms with Crippen LogP contribution in [0.4, 0.5) is 0 Å². The molecule has 0 aromatic rings. The Hall–Kier alpha value is -0.880. The average molecular weight is 180 g/mol. The molecule has 0 N–H and O–H groups in total. The Morgan fingerprint density at radius 2 is 2.23 bits per heavy atom. The number of nitriles is 1. The van der Waals surface area contributed by atoms with E-state index in [-0.39, 0.29) is 18.3 Å². The molecule has 1 fully saturated rings. The van der Waals surface area contributed by atoms with Crippen LogP contribution in [0.15, 0.2) is 0 Å². The summed E-state index contributed by atoms with van der Waals surface area (Å²) in [6.45, 7) is 5.72. The van der Waals surface area contributed by atoms with E-state index in [4.69, 9.17) is 5.26 Å². The summed E-state index contributed by atoms with van der Waals surface area (Å²) >= 11 is 0. The molecule has 1 saturated carbocycles. The lowest BCUT2D eigenvalue weighted by Crippen LogP contribution is -2.47. The largest absolute Gasteiger partial charge is 0.833 e. The van der Waals surface area contributed by atoms with Crippen LogP contribution in [0.25, 0.3) is 0 Å². The Bertz CT molecular complexity index is 267. The number of ketones is 1. The Morgan fingerprint density at radius 3 is 2.46 bits per heavy atom. The van der Waals surface area contributed by atoms with Crippen molar-refractivity contribution >= 4 is 5.78 Å². The van der Waals surface area contributed by atoms with E-state index in [9.17, 15) is 9.90 Å². The van der Waals surface area contributed by atoms with Gasteiger partial charge in [0.15, 0.2) is 0 Å². The SMILES string of the molecule is CC(C)[C@H]1CC([O-])(C#N)C(=O)C1C. The van der Waals surface area contributed by atoms with Crippen molar-refractivity contribution in [3.05, 3.63) is 0 Å². The van der Waals surface area contributed by atoms with E-state index >= 15 is 0 Å². The molecule has 0 aromatic heterocycles. The number of Topliss-reactive ketones (excluding diaryl/α,β-unsaturated/α-hetero) is 1. The lowest BCUT2D eigenvalue weighted by Gasteiger charge is -2.25. The van der Waals surface area contributed by atoms with E-state index in [0.29, 0.717) is 5.92 Å². The summed E-state index contributed by atoms with van der Waals surface area (Å²) in [6.07, 6.45) is 0.182. The van der Waals surface area contributed by atoms with Gasteiger partial charge in [-0.05, 0) is 18.3 Å². The van der Waals surface area contributed by atoms with Gasteiger partial charge >= 0.3 is 0 Å². The van der Waals surface area contributed by atoms with Gasteiger partial charge in [-0.25, -0.2) is 0 Å². The van der Waals surface area contributed by atoms with Gasteiger partial charge in [-0.2, -0.15) is 5.26 Å². The van der Waals surface area contributed by atoms with Gasteiger partial charge in [0, 0.05) is 11.5 Å². The molecule has 3 heteroatoms. The highest BCUT2D eigenvalue weighted by atomic mass is 16.3. The summed E-state index contributed by atoms with van der Waals surface area (Å²) in [4.78, 5) is 11.4. The molecule has 0 aromatic carbocycles. The molecule has 0 aliphatic heterocycles. The summed E-state index contributed by atoms with van der Waals surface area (Å²) in [7, 11) is 0. The molecule has 13 heavy (non-hydrogen) atoms. The first kappa shape index (κ1) is 10.2. The van der Waals surface area contributed by atoms with E-state index in [1.54, 1.807) is 13.0 Å². The predicted octanol–water partition coefficient (Wildman–Crippen LogP) is 0.490. The van der Waals surface area contributed by atoms with Crippen molar-refractivity contribution in [1.29, 1.82) is 5.26 Å². The van der Waals surface area contributed by atoms with Gasteiger partial charge in [-0.1, -0.05) is 20.8 Å². The second-order valence-electron chi connectivity index (χ2n) is 4.20. The zero-order valence-electron chi connectivity index (χ0n) is 8.20. The molecule has 0 amide bonds. The number of carbonyl (C=O) groups is 1. The Labute approximate surface area is 78.4 Å². The van der Waals surface area contributed by atoms with Gasteiger partial charge in [0.25, 0.3) is 0 Å². The highest BCUT2D eigenvalue weighted by molar-refractivity contribution is 5.93. The molecule has 0 radical (unpaired) electrons. The first-order chi connectivity index (χ1) is 5.92. The summed E-state index contributed by atoms with van der Waals surface area (Å²) in [5, 5.41) is 20.2. The highest BCUT2D eigenvalue weighted by Gasteiger charge is 2.44. The first-order valence-corrected chi connectivity index (χ1v) is 4.58. The van der Waals surface area contributed by atoms with Crippen molar-refractivity contribution in [1.82, 2.24) is 0 Å². The monoisotopic (exact) mass is 180 g/mol. The molecule has 72 valence electrons. The molecule has 2 unspecified atom stereocenters. The molecular formula is C10H14NO2-. The second kappa shape index (κ2) is 3.12. The maximum Gasteiger partial charge on any atom is 0.139 e. The van der Waals surface area contributed by atoms with E-state index in [1.807, 2.05) is 13.8 Å². The molecular weight excluding hydrogens is 166 g/mol. The Morgan fingerprint density at radius 1 is 1.69 bits per heavy atom. The van der Waals surface area contributed by atoms with Crippen LogP contribution in [0.1, 0.15) is 27.2 Å². The molecule has 0 saturated heterocycles. The van der Waals surface area contributed by atoms with Gasteiger partial charge in [0.1, 0.15) is 5.78 Å². The zero-order valence-corrected chi connectivity index (χ0v) is 8.20. The minimum atomic E-state index is -1.96. The van der Waals surface area contributed by atoms with Crippen molar-refractivity contribution < 1.29 is 9.90 Å². The van der Waals surface area contributed by atoms with Gasteiger partial charge in [-0.15, -0.1) is 0 Å². The van der Waals surface area contributed by atoms with Crippen LogP contribution in [0.2, 0.25) is 0 Å². The quantitative estimate of drug-likeness (QED) is 0.590. The third kappa shape index (κ3) is 1.47. The Kier molecular flexibility index (Phi) is 2.44. The summed E-state index contributed by atoms with van der Waals surface area (Å²) in [6, 6.07) is 1.60. The smallest absolute Gasteiger partial charge is 0.139 e. The number of hydrogen-bond donors (Lipinski definition) is 0. The van der Waals surface area contributed by atoms with Crippen LogP contribution in [0.5, 0.6) is 0 Å². The molecule has 1 aliphatic rings. The van der Waals surface area contributed by atoms with E-state index in [2.05, 4.69) is 0 Å². The number of rotatable bonds is 1. The third-order valence-electron chi connectivity index (χ3n) is 3.01. The van der Waals surface area contributed by atoms with Crippen LogP contribution in [0.3, 0.4) is 0 Å². The van der Waals surface area contributed by atoms with Crippen molar-refractivity contribution in [3.8, 4) is 6.07 Å². The fraction of sp³-hybridized carbons (Fsp3) is 0.800. The van der Waals surface area contributed by atoms with Gasteiger partial charge in [-0.3, -0.25) is 4.79 Å². The van der Waals surface area contributed by atoms with E-state index in [0.717, 1.165) is 0 Å². The maximum atomic E-state index is 11.6. The van der Waals surface area contributed by atoms with Gasteiger partial charge in [0.2, 0.25) is 0 Å². The summed E-state index contributed by atoms with van der Waals surface area (Å²) < 4.78 is 0. The minimum Gasteiger partial charge on any atom is -0.833 e. The Balaban J connectivity index is 2.93. The lowest BCUT2D eigenvalue weighted by atomic mass is 9.87. The van der Waals surface area contributed by atoms with Crippen molar-refractivity contribution in [2.24, 2.45) is 17.8 Å². The van der Waals surface area contributed by atoms with Crippen LogP contribution in [0, 0.1) is 29.1 Å².